The van der Waals surface area contributed by atoms with Gasteiger partial charge in [0.05, 0.1) is 0 Å². The minimum absolute atomic E-state index is 0.619. The molecule has 0 aliphatic rings. The van der Waals surface area contributed by atoms with Gasteiger partial charge in [0.2, 0.25) is 0 Å². The van der Waals surface area contributed by atoms with E-state index in [4.69, 9.17) is 11.6 Å². The molecular weight excluding hydrogens is 274 g/mol. The van der Waals surface area contributed by atoms with E-state index in [9.17, 15) is 9.90 Å². The number of halogens is 1. The van der Waals surface area contributed by atoms with Gasteiger partial charge in [-0.05, 0) is 43.7 Å². The quantitative estimate of drug-likeness (QED) is 0.887. The lowest BCUT2D eigenvalue weighted by atomic mass is 10.0. The minimum atomic E-state index is -0.912. The first-order chi connectivity index (χ1) is 9.45. The molecule has 1 atom stereocenters. The van der Waals surface area contributed by atoms with Gasteiger partial charge in [0.1, 0.15) is 0 Å². The average Bonchev–Trinajstić information content (AvgIpc) is 2.36. The lowest BCUT2D eigenvalue weighted by Crippen LogP contribution is -2.20. The first-order valence-corrected chi connectivity index (χ1v) is 6.66. The highest BCUT2D eigenvalue weighted by atomic mass is 35.5. The molecule has 2 aromatic rings. The summed E-state index contributed by atoms with van der Waals surface area (Å²) >= 11 is 5.83. The lowest BCUT2D eigenvalue weighted by Gasteiger charge is -2.17. The molecule has 1 unspecified atom stereocenters. The van der Waals surface area contributed by atoms with Crippen LogP contribution >= 0.6 is 11.6 Å². The third kappa shape index (κ3) is 3.52. The van der Waals surface area contributed by atoms with Crippen LogP contribution in [0, 0.1) is 13.8 Å². The Hall–Kier alpha value is -2.00. The summed E-state index contributed by atoms with van der Waals surface area (Å²) in [5.74, 6) is -0.912. The summed E-state index contributed by atoms with van der Waals surface area (Å²) < 4.78 is 0. The molecule has 0 amide bonds. The average molecular weight is 290 g/mol. The van der Waals surface area contributed by atoms with E-state index in [-0.39, 0.29) is 0 Å². The molecule has 2 aromatic carbocycles. The number of benzene rings is 2. The van der Waals surface area contributed by atoms with Gasteiger partial charge in [-0.25, -0.2) is 4.79 Å². The fourth-order valence-corrected chi connectivity index (χ4v) is 2.30. The summed E-state index contributed by atoms with van der Waals surface area (Å²) in [6.07, 6.45) is 0. The van der Waals surface area contributed by atoms with Crippen LogP contribution in [0.2, 0.25) is 5.02 Å². The Morgan fingerprint density at radius 2 is 1.65 bits per heavy atom. The van der Waals surface area contributed by atoms with Crippen LogP contribution in [0.1, 0.15) is 22.7 Å². The molecule has 0 bridgehead atoms. The highest BCUT2D eigenvalue weighted by molar-refractivity contribution is 6.30. The lowest BCUT2D eigenvalue weighted by molar-refractivity contribution is -0.138. The monoisotopic (exact) mass is 289 g/mol. The van der Waals surface area contributed by atoms with Gasteiger partial charge in [0, 0.05) is 10.7 Å². The predicted molar refractivity (Wildman–Crippen MR) is 81.4 cm³/mol. The van der Waals surface area contributed by atoms with E-state index in [0.717, 1.165) is 22.4 Å². The van der Waals surface area contributed by atoms with Crippen molar-refractivity contribution in [1.82, 2.24) is 0 Å². The zero-order valence-electron chi connectivity index (χ0n) is 11.4. The number of anilines is 1. The molecule has 20 heavy (non-hydrogen) atoms. The van der Waals surface area contributed by atoms with E-state index < -0.39 is 12.0 Å². The van der Waals surface area contributed by atoms with Crippen molar-refractivity contribution >= 4 is 23.3 Å². The maximum Gasteiger partial charge on any atom is 0.330 e. The van der Waals surface area contributed by atoms with Crippen LogP contribution in [0.15, 0.2) is 42.5 Å². The fraction of sp³-hybridized carbons (Fsp3) is 0.188. The van der Waals surface area contributed by atoms with Crippen molar-refractivity contribution in [1.29, 1.82) is 0 Å². The summed E-state index contributed by atoms with van der Waals surface area (Å²) in [7, 11) is 0. The molecule has 0 saturated carbocycles. The zero-order valence-corrected chi connectivity index (χ0v) is 12.1. The van der Waals surface area contributed by atoms with Crippen LogP contribution in [0.4, 0.5) is 5.69 Å². The number of aryl methyl sites for hydroxylation is 2. The van der Waals surface area contributed by atoms with E-state index in [0.29, 0.717) is 5.02 Å². The Kier molecular flexibility index (Phi) is 4.30. The summed E-state index contributed by atoms with van der Waals surface area (Å²) in [6, 6.07) is 12.0. The van der Waals surface area contributed by atoms with Crippen molar-refractivity contribution in [2.45, 2.75) is 19.9 Å². The number of hydrogen-bond donors (Lipinski definition) is 2. The minimum Gasteiger partial charge on any atom is -0.479 e. The molecule has 0 saturated heterocycles. The molecule has 0 aliphatic heterocycles. The Labute approximate surface area is 123 Å². The molecule has 0 heterocycles. The molecule has 0 radical (unpaired) electrons. The number of nitrogens with one attached hydrogen (secondary N) is 1. The van der Waals surface area contributed by atoms with Gasteiger partial charge in [-0.15, -0.1) is 0 Å². The van der Waals surface area contributed by atoms with Crippen LogP contribution in [0.3, 0.4) is 0 Å². The molecular formula is C16H16ClNO2. The number of carboxylic acids is 1. The highest BCUT2D eigenvalue weighted by Crippen LogP contribution is 2.23. The van der Waals surface area contributed by atoms with Gasteiger partial charge in [-0.3, -0.25) is 0 Å². The molecule has 3 nitrogen and oxygen atoms in total. The van der Waals surface area contributed by atoms with Crippen molar-refractivity contribution in [3.63, 3.8) is 0 Å². The molecule has 2 rings (SSSR count). The number of carbonyl (C=O) groups is 1. The maximum absolute atomic E-state index is 11.5. The van der Waals surface area contributed by atoms with Crippen molar-refractivity contribution in [3.05, 3.63) is 64.2 Å². The van der Waals surface area contributed by atoms with Crippen molar-refractivity contribution in [2.75, 3.05) is 5.32 Å². The number of carboxylic acid groups (broad SMARTS) is 1. The highest BCUT2D eigenvalue weighted by Gasteiger charge is 2.20. The van der Waals surface area contributed by atoms with Gasteiger partial charge >= 0.3 is 5.97 Å². The van der Waals surface area contributed by atoms with E-state index in [1.54, 1.807) is 24.3 Å². The van der Waals surface area contributed by atoms with Gasteiger partial charge < -0.3 is 10.4 Å². The Morgan fingerprint density at radius 1 is 1.10 bits per heavy atom. The molecule has 0 aromatic heterocycles. The Bertz CT molecular complexity index is 603. The number of hydrogen-bond acceptors (Lipinski definition) is 2. The van der Waals surface area contributed by atoms with Gasteiger partial charge in [-0.1, -0.05) is 40.9 Å². The topological polar surface area (TPSA) is 49.3 Å². The summed E-state index contributed by atoms with van der Waals surface area (Å²) in [6.45, 7) is 3.91. The second kappa shape index (κ2) is 5.97. The SMILES string of the molecule is Cc1cc(C)cc(C(Nc2ccc(Cl)cc2)C(=O)O)c1. The van der Waals surface area contributed by atoms with Crippen LogP contribution in [0.25, 0.3) is 0 Å². The van der Waals surface area contributed by atoms with E-state index in [1.807, 2.05) is 32.0 Å². The molecule has 2 N–H and O–H groups in total. The second-order valence-electron chi connectivity index (χ2n) is 4.84. The van der Waals surface area contributed by atoms with Gasteiger partial charge in [-0.2, -0.15) is 0 Å². The summed E-state index contributed by atoms with van der Waals surface area (Å²) in [5, 5.41) is 13.1. The first-order valence-electron chi connectivity index (χ1n) is 6.29. The van der Waals surface area contributed by atoms with Gasteiger partial charge in [0.25, 0.3) is 0 Å². The predicted octanol–water partition coefficient (Wildman–Crippen LogP) is 4.19. The van der Waals surface area contributed by atoms with Crippen LogP contribution in [-0.4, -0.2) is 11.1 Å². The Balaban J connectivity index is 2.31. The van der Waals surface area contributed by atoms with Crippen LogP contribution in [-0.2, 0) is 4.79 Å². The molecule has 0 aliphatic carbocycles. The van der Waals surface area contributed by atoms with Crippen molar-refractivity contribution < 1.29 is 9.90 Å². The number of aliphatic carboxylic acids is 1. The number of rotatable bonds is 4. The largest absolute Gasteiger partial charge is 0.479 e. The Morgan fingerprint density at radius 3 is 2.15 bits per heavy atom. The van der Waals surface area contributed by atoms with Crippen LogP contribution in [0.5, 0.6) is 0 Å². The van der Waals surface area contributed by atoms with Crippen LogP contribution < -0.4 is 5.32 Å². The molecule has 0 spiro atoms. The van der Waals surface area contributed by atoms with Crippen molar-refractivity contribution in [2.24, 2.45) is 0 Å². The van der Waals surface area contributed by atoms with Crippen molar-refractivity contribution in [3.8, 4) is 0 Å². The standard InChI is InChI=1S/C16H16ClNO2/c1-10-7-11(2)9-12(8-10)15(16(19)20)18-14-5-3-13(17)4-6-14/h3-9,15,18H,1-2H3,(H,19,20). The first kappa shape index (κ1) is 14.4. The normalized spacial score (nSPS) is 11.9. The third-order valence-corrected chi connectivity index (χ3v) is 3.23. The maximum atomic E-state index is 11.5. The third-order valence-electron chi connectivity index (χ3n) is 2.98. The molecule has 4 heteroatoms. The summed E-state index contributed by atoms with van der Waals surface area (Å²) in [4.78, 5) is 11.5. The van der Waals surface area contributed by atoms with Gasteiger partial charge in [0.15, 0.2) is 6.04 Å². The molecule has 0 fully saturated rings. The van der Waals surface area contributed by atoms with E-state index in [1.165, 1.54) is 0 Å². The fourth-order valence-electron chi connectivity index (χ4n) is 2.18. The van der Waals surface area contributed by atoms with E-state index in [2.05, 4.69) is 5.32 Å². The second-order valence-corrected chi connectivity index (χ2v) is 5.28. The smallest absolute Gasteiger partial charge is 0.330 e. The molecule has 104 valence electrons. The van der Waals surface area contributed by atoms with E-state index >= 15 is 0 Å². The summed E-state index contributed by atoms with van der Waals surface area (Å²) in [5.41, 5.74) is 3.55. The zero-order chi connectivity index (χ0) is 14.7.